The van der Waals surface area contributed by atoms with Crippen LogP contribution in [-0.4, -0.2) is 38.1 Å². The molecule has 0 fully saturated rings. The smallest absolute Gasteiger partial charge is 0.211 e. The van der Waals surface area contributed by atoms with E-state index in [1.54, 1.807) is 24.6 Å². The molecule has 1 rings (SSSR count). The first-order chi connectivity index (χ1) is 7.29. The molecular formula is C12H18NO2S+. The van der Waals surface area contributed by atoms with Crippen molar-refractivity contribution < 1.29 is 9.00 Å². The third-order valence-electron chi connectivity index (χ3n) is 2.18. The zero-order chi connectivity index (χ0) is 12.3. The van der Waals surface area contributed by atoms with Gasteiger partial charge >= 0.3 is 0 Å². The summed E-state index contributed by atoms with van der Waals surface area (Å²) in [5, 5.41) is 0. The molecule has 0 radical (unpaired) electrons. The van der Waals surface area contributed by atoms with Crippen LogP contribution in [0.3, 0.4) is 0 Å². The quantitative estimate of drug-likeness (QED) is 0.594. The molecule has 4 heteroatoms. The van der Waals surface area contributed by atoms with Gasteiger partial charge < -0.3 is 4.90 Å². The van der Waals surface area contributed by atoms with Gasteiger partial charge in [0.25, 0.3) is 0 Å². The van der Waals surface area contributed by atoms with Gasteiger partial charge in [0, 0.05) is 25.3 Å². The lowest BCUT2D eigenvalue weighted by Gasteiger charge is -2.12. The number of benzene rings is 1. The summed E-state index contributed by atoms with van der Waals surface area (Å²) in [4.78, 5) is 13.7. The van der Waals surface area contributed by atoms with Crippen molar-refractivity contribution in [3.8, 4) is 0 Å². The van der Waals surface area contributed by atoms with Crippen molar-refractivity contribution in [3.63, 3.8) is 0 Å². The molecule has 0 unspecified atom stereocenters. The van der Waals surface area contributed by atoms with Crippen molar-refractivity contribution in [1.82, 2.24) is 0 Å². The number of carbonyl (C=O) groups is 1. The van der Waals surface area contributed by atoms with Gasteiger partial charge in [-0.15, -0.1) is 4.21 Å². The van der Waals surface area contributed by atoms with Crippen LogP contribution in [0.4, 0.5) is 5.69 Å². The van der Waals surface area contributed by atoms with Crippen LogP contribution in [-0.2, 0) is 14.1 Å². The fourth-order valence-electron chi connectivity index (χ4n) is 1.34. The summed E-state index contributed by atoms with van der Waals surface area (Å²) in [5.74, 6) is 0.0641. The van der Waals surface area contributed by atoms with E-state index in [0.29, 0.717) is 5.56 Å². The number of carbonyl (C=O) groups excluding carboxylic acids is 1. The zero-order valence-electron chi connectivity index (χ0n) is 10.2. The highest BCUT2D eigenvalue weighted by molar-refractivity contribution is 8.02. The zero-order valence-corrected chi connectivity index (χ0v) is 11.0. The van der Waals surface area contributed by atoms with E-state index in [4.69, 9.17) is 0 Å². The average Bonchev–Trinajstić information content (AvgIpc) is 2.15. The van der Waals surface area contributed by atoms with Gasteiger partial charge in [-0.1, -0.05) is 0 Å². The van der Waals surface area contributed by atoms with E-state index in [2.05, 4.69) is 0 Å². The monoisotopic (exact) mass is 240 g/mol. The van der Waals surface area contributed by atoms with Crippen molar-refractivity contribution >= 4 is 21.4 Å². The molecule has 0 bridgehead atoms. The van der Waals surface area contributed by atoms with E-state index >= 15 is 0 Å². The highest BCUT2D eigenvalue weighted by Gasteiger charge is 2.20. The number of ketones is 1. The Balaban J connectivity index is 2.82. The molecule has 0 spiro atoms. The molecule has 88 valence electrons. The molecule has 0 atom stereocenters. The van der Waals surface area contributed by atoms with Crippen molar-refractivity contribution in [2.24, 2.45) is 0 Å². The molecule has 0 aliphatic carbocycles. The minimum atomic E-state index is -2.01. The lowest BCUT2D eigenvalue weighted by Crippen LogP contribution is -2.19. The molecule has 0 heterocycles. The first kappa shape index (κ1) is 12.9. The Hall–Kier alpha value is -1.16. The number of hydrogen-bond donors (Lipinski definition) is 0. The number of anilines is 1. The maximum Gasteiger partial charge on any atom is 0.211 e. The molecule has 1 aromatic carbocycles. The first-order valence-electron chi connectivity index (χ1n) is 5.02. The van der Waals surface area contributed by atoms with Crippen LogP contribution in [0.5, 0.6) is 0 Å². The second-order valence-electron chi connectivity index (χ2n) is 4.45. The molecule has 0 aliphatic rings. The van der Waals surface area contributed by atoms with E-state index in [0.717, 1.165) is 5.69 Å². The van der Waals surface area contributed by atoms with E-state index < -0.39 is 9.93 Å². The Morgan fingerprint density at radius 1 is 1.19 bits per heavy atom. The van der Waals surface area contributed by atoms with E-state index in [1.165, 1.54) is 0 Å². The Kier molecular flexibility index (Phi) is 3.86. The van der Waals surface area contributed by atoms with Crippen LogP contribution in [0.15, 0.2) is 24.3 Å². The van der Waals surface area contributed by atoms with Gasteiger partial charge in [-0.2, -0.15) is 0 Å². The highest BCUT2D eigenvalue weighted by atomic mass is 32.2. The lowest BCUT2D eigenvalue weighted by molar-refractivity contribution is 0.102. The minimum Gasteiger partial charge on any atom is -0.378 e. The molecular weight excluding hydrogens is 222 g/mol. The standard InChI is InChI=1S/C12H18NO2S/c1-13(2)11-7-5-10(6-8-11)12(14)9-16(3,4)15/h5-8H,9H2,1-4H3/q+1. The first-order valence-corrected chi connectivity index (χ1v) is 7.56. The number of Topliss-reactive ketones (excluding diaryl/α,β-unsaturated/α-hetero) is 1. The summed E-state index contributed by atoms with van der Waals surface area (Å²) in [5.41, 5.74) is 1.67. The van der Waals surface area contributed by atoms with E-state index in [9.17, 15) is 9.00 Å². The summed E-state index contributed by atoms with van der Waals surface area (Å²) in [6, 6.07) is 7.34. The Labute approximate surface area is 97.9 Å². The number of hydrogen-bond acceptors (Lipinski definition) is 3. The maximum atomic E-state index is 11.7. The summed E-state index contributed by atoms with van der Waals surface area (Å²) < 4.78 is 11.5. The van der Waals surface area contributed by atoms with Gasteiger partial charge in [-0.25, -0.2) is 0 Å². The number of nitrogens with zero attached hydrogens (tertiary/aromatic N) is 1. The predicted molar refractivity (Wildman–Crippen MR) is 69.9 cm³/mol. The van der Waals surface area contributed by atoms with Crippen LogP contribution >= 0.6 is 0 Å². The van der Waals surface area contributed by atoms with Crippen molar-refractivity contribution in [2.75, 3.05) is 37.3 Å². The Morgan fingerprint density at radius 3 is 2.06 bits per heavy atom. The van der Waals surface area contributed by atoms with Crippen LogP contribution in [0.2, 0.25) is 0 Å². The average molecular weight is 240 g/mol. The largest absolute Gasteiger partial charge is 0.378 e. The molecule has 3 nitrogen and oxygen atoms in total. The molecule has 0 saturated heterocycles. The van der Waals surface area contributed by atoms with Crippen molar-refractivity contribution in [1.29, 1.82) is 0 Å². The van der Waals surface area contributed by atoms with Crippen molar-refractivity contribution in [2.45, 2.75) is 0 Å². The van der Waals surface area contributed by atoms with Gasteiger partial charge in [-0.3, -0.25) is 4.79 Å². The molecule has 0 aromatic heterocycles. The molecule has 16 heavy (non-hydrogen) atoms. The summed E-state index contributed by atoms with van der Waals surface area (Å²) in [6.45, 7) is 0. The van der Waals surface area contributed by atoms with Crippen molar-refractivity contribution in [3.05, 3.63) is 29.8 Å². The highest BCUT2D eigenvalue weighted by Crippen LogP contribution is 2.13. The second kappa shape index (κ2) is 4.78. The maximum absolute atomic E-state index is 11.7. The molecule has 1 aromatic rings. The lowest BCUT2D eigenvalue weighted by atomic mass is 10.1. The van der Waals surface area contributed by atoms with Crippen LogP contribution in [0.25, 0.3) is 0 Å². The van der Waals surface area contributed by atoms with Gasteiger partial charge in [-0.05, 0) is 24.3 Å². The second-order valence-corrected chi connectivity index (χ2v) is 7.61. The molecule has 0 amide bonds. The van der Waals surface area contributed by atoms with Crippen LogP contribution < -0.4 is 4.90 Å². The summed E-state index contributed by atoms with van der Waals surface area (Å²) >= 11 is 0. The fraction of sp³-hybridized carbons (Fsp3) is 0.417. The summed E-state index contributed by atoms with van der Waals surface area (Å²) in [7, 11) is 1.88. The SMILES string of the molecule is CN(C)c1ccc(C(=O)C[S+](C)(C)=O)cc1. The van der Waals surface area contributed by atoms with Gasteiger partial charge in [0.1, 0.15) is 12.5 Å². The fourth-order valence-corrected chi connectivity index (χ4v) is 2.14. The normalized spacial score (nSPS) is 11.2. The molecule has 0 N–H and O–H groups in total. The van der Waals surface area contributed by atoms with E-state index in [-0.39, 0.29) is 11.5 Å². The molecule has 0 aliphatic heterocycles. The third-order valence-corrected chi connectivity index (χ3v) is 3.14. The van der Waals surface area contributed by atoms with Gasteiger partial charge in [0.2, 0.25) is 5.78 Å². The Morgan fingerprint density at radius 2 is 1.69 bits per heavy atom. The van der Waals surface area contributed by atoms with Gasteiger partial charge in [0.05, 0.1) is 9.93 Å². The van der Waals surface area contributed by atoms with E-state index in [1.807, 2.05) is 31.1 Å². The summed E-state index contributed by atoms with van der Waals surface area (Å²) in [6.07, 6.45) is 3.22. The third kappa shape index (κ3) is 3.77. The minimum absolute atomic E-state index is 0.0553. The predicted octanol–water partition coefficient (Wildman–Crippen LogP) is 1.69. The van der Waals surface area contributed by atoms with Crippen LogP contribution in [0.1, 0.15) is 10.4 Å². The number of rotatable bonds is 4. The van der Waals surface area contributed by atoms with Crippen LogP contribution in [0, 0.1) is 0 Å². The molecule has 0 saturated carbocycles. The van der Waals surface area contributed by atoms with Gasteiger partial charge in [0.15, 0.2) is 5.75 Å². The Bertz CT molecular complexity index is 417. The topological polar surface area (TPSA) is 37.4 Å².